The molecule has 0 bridgehead atoms. The van der Waals surface area contributed by atoms with Crippen molar-refractivity contribution in [1.82, 2.24) is 5.43 Å². The molecule has 3 aromatic rings. The first kappa shape index (κ1) is 19.8. The van der Waals surface area contributed by atoms with E-state index in [1.54, 1.807) is 54.6 Å². The van der Waals surface area contributed by atoms with Gasteiger partial charge in [0.15, 0.2) is 0 Å². The number of carbonyl (C=O) groups is 1. The maximum atomic E-state index is 12.2. The molecule has 0 aliphatic heterocycles. The number of hydrazone groups is 1. The first-order valence-corrected chi connectivity index (χ1v) is 10.3. The first-order valence-electron chi connectivity index (χ1n) is 8.13. The van der Waals surface area contributed by atoms with Gasteiger partial charge < -0.3 is 4.18 Å². The van der Waals surface area contributed by atoms with Crippen LogP contribution < -0.4 is 9.61 Å². The second-order valence-electron chi connectivity index (χ2n) is 5.63. The van der Waals surface area contributed by atoms with Gasteiger partial charge in [-0.2, -0.15) is 13.5 Å². The topological polar surface area (TPSA) is 84.8 Å². The molecule has 8 heteroatoms. The third-order valence-corrected chi connectivity index (χ3v) is 5.39. The average Bonchev–Trinajstić information content (AvgIpc) is 2.70. The number of hydrogen-bond donors (Lipinski definition) is 1. The third-order valence-electron chi connectivity index (χ3n) is 3.60. The van der Waals surface area contributed by atoms with E-state index in [4.69, 9.17) is 4.18 Å². The molecule has 1 amide bonds. The molecule has 0 fully saturated rings. The normalized spacial score (nSPS) is 11.3. The summed E-state index contributed by atoms with van der Waals surface area (Å²) in [6.07, 6.45) is 1.45. The van der Waals surface area contributed by atoms with Gasteiger partial charge in [-0.15, -0.1) is 0 Å². The van der Waals surface area contributed by atoms with E-state index in [-0.39, 0.29) is 16.6 Å². The molecule has 0 saturated heterocycles. The predicted octanol–water partition coefficient (Wildman–Crippen LogP) is 3.98. The van der Waals surface area contributed by atoms with Crippen molar-refractivity contribution in [2.75, 3.05) is 0 Å². The van der Waals surface area contributed by atoms with Crippen LogP contribution in [0.2, 0.25) is 0 Å². The lowest BCUT2D eigenvalue weighted by Gasteiger charge is -2.07. The molecule has 0 atom stereocenters. The van der Waals surface area contributed by atoms with Crippen LogP contribution in [0.15, 0.2) is 93.3 Å². The van der Waals surface area contributed by atoms with Gasteiger partial charge in [0, 0.05) is 10.0 Å². The summed E-state index contributed by atoms with van der Waals surface area (Å²) in [6.45, 7) is 0. The van der Waals surface area contributed by atoms with E-state index in [2.05, 4.69) is 26.5 Å². The Morgan fingerprint density at radius 1 is 0.929 bits per heavy atom. The van der Waals surface area contributed by atoms with E-state index in [0.717, 1.165) is 4.47 Å². The number of nitrogens with one attached hydrogen (secondary N) is 1. The largest absolute Gasteiger partial charge is 0.379 e. The monoisotopic (exact) mass is 458 g/mol. The third kappa shape index (κ3) is 5.28. The van der Waals surface area contributed by atoms with Crippen LogP contribution in [-0.4, -0.2) is 20.5 Å². The Bertz CT molecular complexity index is 1080. The molecule has 142 valence electrons. The fraction of sp³-hybridized carbons (Fsp3) is 0. The molecule has 0 radical (unpaired) electrons. The van der Waals surface area contributed by atoms with Gasteiger partial charge in [-0.1, -0.05) is 34.1 Å². The zero-order chi connectivity index (χ0) is 20.0. The Morgan fingerprint density at radius 2 is 1.57 bits per heavy atom. The van der Waals surface area contributed by atoms with E-state index in [1.165, 1.54) is 30.5 Å². The first-order chi connectivity index (χ1) is 13.4. The summed E-state index contributed by atoms with van der Waals surface area (Å²) < 4.78 is 30.4. The highest BCUT2D eigenvalue weighted by Gasteiger charge is 2.15. The van der Waals surface area contributed by atoms with Crippen LogP contribution in [0.25, 0.3) is 0 Å². The van der Waals surface area contributed by atoms with Crippen LogP contribution in [0.1, 0.15) is 15.9 Å². The van der Waals surface area contributed by atoms with Crippen LogP contribution >= 0.6 is 15.9 Å². The Morgan fingerprint density at radius 3 is 2.21 bits per heavy atom. The number of nitrogens with zero attached hydrogens (tertiary/aromatic N) is 1. The summed E-state index contributed by atoms with van der Waals surface area (Å²) >= 11 is 3.31. The second-order valence-corrected chi connectivity index (χ2v) is 8.09. The number of benzene rings is 3. The fourth-order valence-corrected chi connectivity index (χ4v) is 3.42. The summed E-state index contributed by atoms with van der Waals surface area (Å²) in [5.41, 5.74) is 3.58. The predicted molar refractivity (Wildman–Crippen MR) is 110 cm³/mol. The highest BCUT2D eigenvalue weighted by Crippen LogP contribution is 2.18. The van der Waals surface area contributed by atoms with Gasteiger partial charge >= 0.3 is 10.1 Å². The van der Waals surface area contributed by atoms with Crippen molar-refractivity contribution < 1.29 is 17.4 Å². The van der Waals surface area contributed by atoms with Gasteiger partial charge in [0.25, 0.3) is 5.91 Å². The van der Waals surface area contributed by atoms with E-state index in [0.29, 0.717) is 11.1 Å². The van der Waals surface area contributed by atoms with Crippen molar-refractivity contribution in [3.8, 4) is 5.75 Å². The summed E-state index contributed by atoms with van der Waals surface area (Å²) in [7, 11) is -3.88. The van der Waals surface area contributed by atoms with E-state index in [1.807, 2.05) is 0 Å². The standard InChI is InChI=1S/C20H15BrN2O4S/c21-17-10-8-16(9-11-17)20(24)23-22-14-15-6-12-18(13-7-15)27-28(25,26)19-4-2-1-3-5-19/h1-14H,(H,23,24)/b22-14-. The molecule has 6 nitrogen and oxygen atoms in total. The highest BCUT2D eigenvalue weighted by molar-refractivity contribution is 9.10. The molecule has 0 saturated carbocycles. The zero-order valence-electron chi connectivity index (χ0n) is 14.4. The smallest absolute Gasteiger partial charge is 0.339 e. The summed E-state index contributed by atoms with van der Waals surface area (Å²) in [5.74, 6) is -0.155. The maximum absolute atomic E-state index is 12.2. The van der Waals surface area contributed by atoms with Gasteiger partial charge in [-0.05, 0) is 66.2 Å². The molecule has 1 N–H and O–H groups in total. The molecule has 3 aromatic carbocycles. The number of halogens is 1. The van der Waals surface area contributed by atoms with Crippen molar-refractivity contribution in [3.63, 3.8) is 0 Å². The van der Waals surface area contributed by atoms with Crippen molar-refractivity contribution >= 4 is 38.2 Å². The summed E-state index contributed by atoms with van der Waals surface area (Å²) in [4.78, 5) is 12.0. The number of amides is 1. The minimum absolute atomic E-state index is 0.0799. The van der Waals surface area contributed by atoms with Crippen molar-refractivity contribution in [2.45, 2.75) is 4.90 Å². The molecular weight excluding hydrogens is 444 g/mol. The molecule has 3 rings (SSSR count). The molecular formula is C20H15BrN2O4S. The average molecular weight is 459 g/mol. The quantitative estimate of drug-likeness (QED) is 0.343. The van der Waals surface area contributed by atoms with Crippen LogP contribution in [0, 0.1) is 0 Å². The molecule has 0 aliphatic carbocycles. The summed E-state index contributed by atoms with van der Waals surface area (Å²) in [5, 5.41) is 3.90. The lowest BCUT2D eigenvalue weighted by molar-refractivity contribution is 0.0955. The SMILES string of the molecule is O=C(N/N=C\c1ccc(OS(=O)(=O)c2ccccc2)cc1)c1ccc(Br)cc1. The Kier molecular flexibility index (Phi) is 6.23. The van der Waals surface area contributed by atoms with Gasteiger partial charge in [0.05, 0.1) is 6.21 Å². The Labute approximate surface area is 171 Å². The highest BCUT2D eigenvalue weighted by atomic mass is 79.9. The van der Waals surface area contributed by atoms with Crippen LogP contribution in [0.5, 0.6) is 5.75 Å². The Hall–Kier alpha value is -2.97. The van der Waals surface area contributed by atoms with E-state index < -0.39 is 10.1 Å². The summed E-state index contributed by atoms with van der Waals surface area (Å²) in [6, 6.07) is 21.1. The Balaban J connectivity index is 1.60. The van der Waals surface area contributed by atoms with Gasteiger partial charge in [0.1, 0.15) is 10.6 Å². The lowest BCUT2D eigenvalue weighted by Crippen LogP contribution is -2.17. The van der Waals surface area contributed by atoms with Gasteiger partial charge in [-0.25, -0.2) is 5.43 Å². The van der Waals surface area contributed by atoms with Crippen LogP contribution in [0.3, 0.4) is 0 Å². The minimum atomic E-state index is -3.88. The van der Waals surface area contributed by atoms with Gasteiger partial charge in [-0.3, -0.25) is 4.79 Å². The number of carbonyl (C=O) groups excluding carboxylic acids is 1. The molecule has 0 aromatic heterocycles. The lowest BCUT2D eigenvalue weighted by atomic mass is 10.2. The number of hydrogen-bond acceptors (Lipinski definition) is 5. The van der Waals surface area contributed by atoms with Crippen LogP contribution in [0.4, 0.5) is 0 Å². The van der Waals surface area contributed by atoms with E-state index >= 15 is 0 Å². The minimum Gasteiger partial charge on any atom is -0.379 e. The fourth-order valence-electron chi connectivity index (χ4n) is 2.20. The zero-order valence-corrected chi connectivity index (χ0v) is 16.9. The maximum Gasteiger partial charge on any atom is 0.339 e. The molecule has 0 heterocycles. The van der Waals surface area contributed by atoms with E-state index in [9.17, 15) is 13.2 Å². The second kappa shape index (κ2) is 8.81. The van der Waals surface area contributed by atoms with Crippen molar-refractivity contribution in [1.29, 1.82) is 0 Å². The van der Waals surface area contributed by atoms with Gasteiger partial charge in [0.2, 0.25) is 0 Å². The van der Waals surface area contributed by atoms with Crippen LogP contribution in [-0.2, 0) is 10.1 Å². The molecule has 28 heavy (non-hydrogen) atoms. The van der Waals surface area contributed by atoms with Crippen molar-refractivity contribution in [2.24, 2.45) is 5.10 Å². The molecule has 0 unspecified atom stereocenters. The van der Waals surface area contributed by atoms with Crippen molar-refractivity contribution in [3.05, 3.63) is 94.5 Å². The number of rotatable bonds is 6. The molecule has 0 spiro atoms. The molecule has 0 aliphatic rings.